The molecule has 12 heteroatoms. The van der Waals surface area contributed by atoms with E-state index in [4.69, 9.17) is 19.6 Å². The molecule has 0 aliphatic heterocycles. The van der Waals surface area contributed by atoms with Crippen molar-refractivity contribution >= 4 is 15.6 Å². The van der Waals surface area contributed by atoms with E-state index in [1.165, 1.54) is 0 Å². The smallest absolute Gasteiger partial charge is 0.302 e. The van der Waals surface area contributed by atoms with Crippen molar-refractivity contribution in [1.29, 1.82) is 0 Å². The summed E-state index contributed by atoms with van der Waals surface area (Å²) in [5.41, 5.74) is 0. The number of phosphoric acid groups is 2. The van der Waals surface area contributed by atoms with Crippen molar-refractivity contribution in [1.82, 2.24) is 0 Å². The van der Waals surface area contributed by atoms with Gasteiger partial charge in [0.15, 0.2) is 0 Å². The van der Waals surface area contributed by atoms with Gasteiger partial charge in [-0.15, -0.1) is 0 Å². The van der Waals surface area contributed by atoms with Crippen LogP contribution in [0.2, 0.25) is 0 Å². The molecule has 12 heavy (non-hydrogen) atoms. The maximum atomic E-state index is 9.63. The Kier molecular flexibility index (Phi) is 19.3. The van der Waals surface area contributed by atoms with E-state index in [-0.39, 0.29) is 91.5 Å². The minimum atomic E-state index is -5.05. The van der Waals surface area contributed by atoms with Crippen molar-refractivity contribution in [3.63, 3.8) is 0 Å². The fourth-order valence-corrected chi connectivity index (χ4v) is 1.25. The van der Waals surface area contributed by atoms with Gasteiger partial charge < -0.3 is 19.6 Å². The van der Waals surface area contributed by atoms with Crippen LogP contribution in [0.5, 0.6) is 0 Å². The van der Waals surface area contributed by atoms with E-state index in [9.17, 15) is 9.13 Å². The van der Waals surface area contributed by atoms with Crippen molar-refractivity contribution in [3.8, 4) is 0 Å². The Bertz CT molecular complexity index is 165. The molecule has 0 saturated carbocycles. The van der Waals surface area contributed by atoms with Crippen LogP contribution in [-0.2, 0) is 13.4 Å². The van der Waals surface area contributed by atoms with Crippen molar-refractivity contribution in [2.75, 3.05) is 0 Å². The molecule has 0 aromatic heterocycles. The third-order valence-corrected chi connectivity index (χ3v) is 1.91. The summed E-state index contributed by atoms with van der Waals surface area (Å²) in [5, 5.41) is 0. The molecule has 56 valence electrons. The minimum absolute atomic E-state index is 0. The standard InChI is InChI=1S/3Na.H4O7P2/c;;;1-8(2,3)7-9(4,5)6/h;;;(H2,1,2,3)(H2,4,5,6)/q3*+1;/p+2. The van der Waals surface area contributed by atoms with Gasteiger partial charge in [0.25, 0.3) is 0 Å². The van der Waals surface area contributed by atoms with E-state index in [1.54, 1.807) is 0 Å². The summed E-state index contributed by atoms with van der Waals surface area (Å²) in [7, 11) is -10.1. The van der Waals surface area contributed by atoms with Crippen LogP contribution in [0, 0.1) is 0 Å². The summed E-state index contributed by atoms with van der Waals surface area (Å²) >= 11 is 0. The molecule has 0 unspecified atom stereocenters. The van der Waals surface area contributed by atoms with Crippen LogP contribution < -0.4 is 88.7 Å². The number of hydrogen-bond acceptors (Lipinski definition) is 3. The Labute approximate surface area is 138 Å². The summed E-state index contributed by atoms with van der Waals surface area (Å²) in [6, 6.07) is 0. The number of rotatable bonds is 2. The van der Waals surface area contributed by atoms with Crippen LogP contribution in [-0.4, -0.2) is 19.6 Å². The fourth-order valence-electron chi connectivity index (χ4n) is 0.139. The summed E-state index contributed by atoms with van der Waals surface area (Å²) in [6.45, 7) is 0. The average Bonchev–Trinajstić information content (AvgIpc) is 1.14. The summed E-state index contributed by atoms with van der Waals surface area (Å²) < 4.78 is 22.2. The first-order valence-corrected chi connectivity index (χ1v) is 4.59. The zero-order chi connectivity index (χ0) is 7.71. The van der Waals surface area contributed by atoms with Gasteiger partial charge in [-0.25, -0.2) is 9.13 Å². The Hall–Kier alpha value is 3.26. The van der Waals surface area contributed by atoms with E-state index in [0.717, 1.165) is 0 Å². The molecule has 0 heterocycles. The predicted octanol–water partition coefficient (Wildman–Crippen LogP) is -9.57. The van der Waals surface area contributed by atoms with Gasteiger partial charge in [0.05, 0.1) is 0 Å². The van der Waals surface area contributed by atoms with Crippen LogP contribution in [0.25, 0.3) is 0 Å². The Balaban J connectivity index is -0.0000000320. The average molecular weight is 249 g/mol. The van der Waals surface area contributed by atoms with E-state index in [1.807, 2.05) is 0 Å². The molecule has 0 spiro atoms. The molecule has 0 aliphatic rings. The molecular formula is H6Na3O7P2+5. The van der Waals surface area contributed by atoms with Crippen LogP contribution in [0.1, 0.15) is 2.85 Å². The molecule has 0 aromatic carbocycles. The molecule has 0 radical (unpaired) electrons. The third kappa shape index (κ3) is 23.2. The van der Waals surface area contributed by atoms with Gasteiger partial charge in [-0.1, -0.05) is 0 Å². The second-order valence-corrected chi connectivity index (χ2v) is 3.68. The van der Waals surface area contributed by atoms with Gasteiger partial charge in [0.1, 0.15) is 0 Å². The van der Waals surface area contributed by atoms with Crippen LogP contribution in [0.4, 0.5) is 0 Å². The normalized spacial score (nSPS) is 10.3. The molecule has 0 bridgehead atoms. The van der Waals surface area contributed by atoms with Crippen LogP contribution in [0.15, 0.2) is 0 Å². The van der Waals surface area contributed by atoms with E-state index in [2.05, 4.69) is 4.31 Å². The zero-order valence-electron chi connectivity index (χ0n) is 8.91. The molecular weight excluding hydrogens is 243 g/mol. The summed E-state index contributed by atoms with van der Waals surface area (Å²) in [6.07, 6.45) is 0. The van der Waals surface area contributed by atoms with Crippen molar-refractivity contribution in [2.45, 2.75) is 0 Å². The maximum Gasteiger partial charge on any atom is 1.00 e. The maximum absolute atomic E-state index is 9.63. The predicted molar refractivity (Wildman–Crippen MR) is 27.4 cm³/mol. The van der Waals surface area contributed by atoms with Gasteiger partial charge in [-0.05, 0) is 0 Å². The Morgan fingerprint density at radius 2 is 1.00 bits per heavy atom. The monoisotopic (exact) mass is 249 g/mol. The van der Waals surface area contributed by atoms with Gasteiger partial charge in [-0.3, -0.25) is 0 Å². The van der Waals surface area contributed by atoms with E-state index in [0.29, 0.717) is 0 Å². The van der Waals surface area contributed by atoms with Gasteiger partial charge in [0.2, 0.25) is 0 Å². The topological polar surface area (TPSA) is 124 Å². The van der Waals surface area contributed by atoms with Gasteiger partial charge in [-0.2, -0.15) is 4.31 Å². The molecule has 0 fully saturated rings. The molecule has 4 N–H and O–H groups in total. The molecule has 0 saturated heterocycles. The second kappa shape index (κ2) is 9.48. The van der Waals surface area contributed by atoms with E-state index < -0.39 is 15.6 Å². The summed E-state index contributed by atoms with van der Waals surface area (Å²) in [4.78, 5) is 31.0. The van der Waals surface area contributed by atoms with Crippen molar-refractivity contribution < 1.29 is 125 Å². The zero-order valence-corrected chi connectivity index (χ0v) is 14.7. The van der Waals surface area contributed by atoms with Crippen LogP contribution in [0.3, 0.4) is 0 Å². The first-order valence-electron chi connectivity index (χ1n) is 1.53. The van der Waals surface area contributed by atoms with Gasteiger partial charge in [0, 0.05) is 0 Å². The first kappa shape index (κ1) is 24.5. The Morgan fingerprint density at radius 1 is 0.833 bits per heavy atom. The van der Waals surface area contributed by atoms with Crippen molar-refractivity contribution in [2.24, 2.45) is 0 Å². The Morgan fingerprint density at radius 3 is 1.00 bits per heavy atom. The third-order valence-electron chi connectivity index (χ3n) is 0.213. The fraction of sp³-hybridized carbons (Fsp3) is 0. The van der Waals surface area contributed by atoms with E-state index >= 15 is 0 Å². The molecule has 0 amide bonds. The molecule has 0 rings (SSSR count). The second-order valence-electron chi connectivity index (χ2n) is 1.06. The molecule has 0 atom stereocenters. The van der Waals surface area contributed by atoms with Crippen LogP contribution >= 0.6 is 15.6 Å². The number of hydrogen-bond donors (Lipinski definition) is 4. The summed E-state index contributed by atoms with van der Waals surface area (Å²) in [5.74, 6) is 0. The molecule has 0 aromatic rings. The first-order chi connectivity index (χ1) is 3.71. The van der Waals surface area contributed by atoms with Crippen molar-refractivity contribution in [3.05, 3.63) is 0 Å². The quantitative estimate of drug-likeness (QED) is 0.283. The minimum Gasteiger partial charge on any atom is -0.302 e. The van der Waals surface area contributed by atoms with Gasteiger partial charge >= 0.3 is 107 Å². The SMILES string of the molecule is O=P(O)(O)OP(=O)(O)O.[H+].[H+].[Na+].[Na+].[Na+]. The molecule has 7 nitrogen and oxygen atoms in total. The molecule has 0 aliphatic carbocycles. The largest absolute Gasteiger partial charge is 1.00 e.